The number of nitrogens with one attached hydrogen (secondary N) is 1. The molecule has 0 bridgehead atoms. The van der Waals surface area contributed by atoms with E-state index in [2.05, 4.69) is 33.0 Å². The highest BCUT2D eigenvalue weighted by Gasteiger charge is 2.08. The Morgan fingerprint density at radius 3 is 2.88 bits per heavy atom. The Morgan fingerprint density at radius 1 is 1.41 bits per heavy atom. The molecule has 5 nitrogen and oxygen atoms in total. The Kier molecular flexibility index (Phi) is 3.43. The Morgan fingerprint density at radius 2 is 2.24 bits per heavy atom. The summed E-state index contributed by atoms with van der Waals surface area (Å²) in [6.45, 7) is 2.77. The molecule has 2 aromatic rings. The summed E-state index contributed by atoms with van der Waals surface area (Å²) in [7, 11) is 1.53. The number of methoxy groups -OCH3 is 1. The van der Waals surface area contributed by atoms with Gasteiger partial charge in [-0.2, -0.15) is 16.3 Å². The maximum absolute atomic E-state index is 5.86. The summed E-state index contributed by atoms with van der Waals surface area (Å²) >= 11 is 1.68. The van der Waals surface area contributed by atoms with Crippen LogP contribution in [0.25, 0.3) is 0 Å². The molecule has 0 aromatic carbocycles. The average Bonchev–Trinajstić information content (AvgIpc) is 2.74. The lowest BCUT2D eigenvalue weighted by Crippen LogP contribution is -2.06. The molecule has 2 aromatic heterocycles. The fourth-order valence-corrected chi connectivity index (χ4v) is 2.29. The highest BCUT2D eigenvalue weighted by atomic mass is 32.1. The highest BCUT2D eigenvalue weighted by Crippen LogP contribution is 2.25. The fraction of sp³-hybridized carbons (Fsp3) is 0.273. The summed E-state index contributed by atoms with van der Waals surface area (Å²) in [6.07, 6.45) is 1.43. The minimum atomic E-state index is 0.393. The molecule has 0 spiro atoms. The first-order valence-corrected chi connectivity index (χ1v) is 6.06. The second kappa shape index (κ2) is 5.01. The van der Waals surface area contributed by atoms with Gasteiger partial charge in [-0.05, 0) is 28.8 Å². The van der Waals surface area contributed by atoms with Crippen molar-refractivity contribution in [3.63, 3.8) is 0 Å². The van der Waals surface area contributed by atoms with Crippen LogP contribution in [-0.2, 0) is 6.54 Å². The van der Waals surface area contributed by atoms with Crippen molar-refractivity contribution in [3.05, 3.63) is 28.2 Å². The van der Waals surface area contributed by atoms with E-state index < -0.39 is 0 Å². The number of nitrogen functional groups attached to an aromatic ring is 1. The van der Waals surface area contributed by atoms with Crippen molar-refractivity contribution < 1.29 is 4.74 Å². The quantitative estimate of drug-likeness (QED) is 0.868. The van der Waals surface area contributed by atoms with Gasteiger partial charge in [0.15, 0.2) is 5.82 Å². The smallest absolute Gasteiger partial charge is 0.242 e. The molecule has 17 heavy (non-hydrogen) atoms. The van der Waals surface area contributed by atoms with Crippen LogP contribution in [0.2, 0.25) is 0 Å². The zero-order chi connectivity index (χ0) is 12.3. The Labute approximate surface area is 104 Å². The van der Waals surface area contributed by atoms with E-state index >= 15 is 0 Å². The van der Waals surface area contributed by atoms with Gasteiger partial charge in [-0.1, -0.05) is 0 Å². The molecule has 0 saturated carbocycles. The molecule has 0 atom stereocenters. The van der Waals surface area contributed by atoms with E-state index in [-0.39, 0.29) is 0 Å². The van der Waals surface area contributed by atoms with Crippen molar-refractivity contribution in [3.8, 4) is 5.88 Å². The molecular formula is C11H14N4OS. The molecule has 3 N–H and O–H groups in total. The van der Waals surface area contributed by atoms with Crippen LogP contribution in [0.15, 0.2) is 17.1 Å². The third-order valence-corrected chi connectivity index (χ3v) is 3.36. The monoisotopic (exact) mass is 250 g/mol. The van der Waals surface area contributed by atoms with Crippen LogP contribution >= 0.6 is 11.3 Å². The summed E-state index contributed by atoms with van der Waals surface area (Å²) in [5, 5.41) is 7.40. The number of nitrogens with two attached hydrogens (primary N) is 1. The van der Waals surface area contributed by atoms with Gasteiger partial charge in [0.25, 0.3) is 0 Å². The first kappa shape index (κ1) is 11.7. The molecular weight excluding hydrogens is 236 g/mol. The predicted octanol–water partition coefficient (Wildman–Crippen LogP) is 2.05. The Bertz CT molecular complexity index is 512. The van der Waals surface area contributed by atoms with E-state index in [0.717, 1.165) is 0 Å². The van der Waals surface area contributed by atoms with E-state index in [4.69, 9.17) is 10.5 Å². The van der Waals surface area contributed by atoms with Crippen LogP contribution in [0, 0.1) is 6.92 Å². The number of nitrogens with zero attached hydrogens (tertiary/aromatic N) is 2. The van der Waals surface area contributed by atoms with Crippen LogP contribution in [0.3, 0.4) is 0 Å². The minimum absolute atomic E-state index is 0.393. The van der Waals surface area contributed by atoms with Crippen molar-refractivity contribution in [2.75, 3.05) is 18.2 Å². The number of hydrogen-bond donors (Lipinski definition) is 2. The zero-order valence-corrected chi connectivity index (χ0v) is 10.5. The van der Waals surface area contributed by atoms with Crippen LogP contribution < -0.4 is 15.8 Å². The summed E-state index contributed by atoms with van der Waals surface area (Å²) < 4.78 is 5.03. The lowest BCUT2D eigenvalue weighted by molar-refractivity contribution is 0.399. The van der Waals surface area contributed by atoms with E-state index in [1.54, 1.807) is 11.3 Å². The van der Waals surface area contributed by atoms with E-state index in [1.165, 1.54) is 24.6 Å². The lowest BCUT2D eigenvalue weighted by Gasteiger charge is -2.09. The lowest BCUT2D eigenvalue weighted by atomic mass is 10.2. The standard InChI is InChI=1S/C11H14N4OS/c1-7-4-17-5-8(7)3-13-10-9(12)11(16-2)15-6-14-10/h4-6H,3,12H2,1-2H3,(H,13,14,15). The number of aryl methyl sites for hydroxylation is 1. The molecule has 0 saturated heterocycles. The van der Waals surface area contributed by atoms with Crippen LogP contribution in [0.1, 0.15) is 11.1 Å². The molecule has 0 aliphatic rings. The summed E-state index contributed by atoms with van der Waals surface area (Å²) in [5.74, 6) is 0.993. The van der Waals surface area contributed by atoms with Gasteiger partial charge >= 0.3 is 0 Å². The molecule has 0 radical (unpaired) electrons. The summed E-state index contributed by atoms with van der Waals surface area (Å²) in [5.41, 5.74) is 8.80. The molecule has 6 heteroatoms. The molecule has 0 fully saturated rings. The third-order valence-electron chi connectivity index (χ3n) is 2.45. The molecule has 0 aliphatic heterocycles. The van der Waals surface area contributed by atoms with Crippen molar-refractivity contribution in [2.45, 2.75) is 13.5 Å². The van der Waals surface area contributed by atoms with Gasteiger partial charge in [0.1, 0.15) is 12.0 Å². The second-order valence-electron chi connectivity index (χ2n) is 3.58. The molecule has 0 aliphatic carbocycles. The zero-order valence-electron chi connectivity index (χ0n) is 9.73. The van der Waals surface area contributed by atoms with Gasteiger partial charge in [-0.15, -0.1) is 0 Å². The number of rotatable bonds is 4. The largest absolute Gasteiger partial charge is 0.479 e. The van der Waals surface area contributed by atoms with Crippen molar-refractivity contribution in [1.29, 1.82) is 0 Å². The molecule has 2 rings (SSSR count). The molecule has 0 unspecified atom stereocenters. The SMILES string of the molecule is COc1ncnc(NCc2cscc2C)c1N. The second-order valence-corrected chi connectivity index (χ2v) is 4.32. The van der Waals surface area contributed by atoms with Gasteiger partial charge in [0.05, 0.1) is 7.11 Å². The van der Waals surface area contributed by atoms with Crippen molar-refractivity contribution >= 4 is 22.8 Å². The summed E-state index contributed by atoms with van der Waals surface area (Å²) in [6, 6.07) is 0. The Balaban J connectivity index is 2.12. The third kappa shape index (κ3) is 2.47. The first-order valence-electron chi connectivity index (χ1n) is 5.12. The van der Waals surface area contributed by atoms with Crippen molar-refractivity contribution in [1.82, 2.24) is 9.97 Å². The van der Waals surface area contributed by atoms with Crippen molar-refractivity contribution in [2.24, 2.45) is 0 Å². The van der Waals surface area contributed by atoms with Crippen LogP contribution in [0.4, 0.5) is 11.5 Å². The number of aromatic nitrogens is 2. The van der Waals surface area contributed by atoms with Crippen LogP contribution in [0.5, 0.6) is 5.88 Å². The predicted molar refractivity (Wildman–Crippen MR) is 69.4 cm³/mol. The highest BCUT2D eigenvalue weighted by molar-refractivity contribution is 7.08. The van der Waals surface area contributed by atoms with E-state index in [0.29, 0.717) is 23.9 Å². The minimum Gasteiger partial charge on any atom is -0.479 e. The fourth-order valence-electron chi connectivity index (χ4n) is 1.43. The van der Waals surface area contributed by atoms with Crippen LogP contribution in [-0.4, -0.2) is 17.1 Å². The number of thiophene rings is 1. The summed E-state index contributed by atoms with van der Waals surface area (Å²) in [4.78, 5) is 8.02. The van der Waals surface area contributed by atoms with Gasteiger partial charge < -0.3 is 15.8 Å². The van der Waals surface area contributed by atoms with Gasteiger partial charge in [0, 0.05) is 6.54 Å². The topological polar surface area (TPSA) is 73.1 Å². The molecule has 2 heterocycles. The van der Waals surface area contributed by atoms with Gasteiger partial charge in [-0.25, -0.2) is 4.98 Å². The van der Waals surface area contributed by atoms with E-state index in [9.17, 15) is 0 Å². The Hall–Kier alpha value is -1.82. The number of anilines is 2. The number of ether oxygens (including phenoxy) is 1. The normalized spacial score (nSPS) is 10.2. The molecule has 90 valence electrons. The average molecular weight is 250 g/mol. The van der Waals surface area contributed by atoms with Gasteiger partial charge in [-0.3, -0.25) is 0 Å². The van der Waals surface area contributed by atoms with Gasteiger partial charge in [0.2, 0.25) is 5.88 Å². The van der Waals surface area contributed by atoms with E-state index in [1.807, 2.05) is 0 Å². The maximum atomic E-state index is 5.86. The maximum Gasteiger partial charge on any atom is 0.242 e. The first-order chi connectivity index (χ1) is 8.22. The number of hydrogen-bond acceptors (Lipinski definition) is 6. The molecule has 0 amide bonds.